The fraction of sp³-hybridized carbons (Fsp3) is 0.250. The number of hydrogen-bond donors (Lipinski definition) is 2. The van der Waals surface area contributed by atoms with Gasteiger partial charge in [0, 0.05) is 17.8 Å². The number of aromatic nitrogens is 1. The van der Waals surface area contributed by atoms with E-state index in [4.69, 9.17) is 15.2 Å². The van der Waals surface area contributed by atoms with E-state index in [0.717, 1.165) is 0 Å². The van der Waals surface area contributed by atoms with Gasteiger partial charge in [-0.3, -0.25) is 5.32 Å². The number of carbonyl (C=O) groups excluding carboxylic acids is 1. The van der Waals surface area contributed by atoms with Gasteiger partial charge in [-0.05, 0) is 39.0 Å². The van der Waals surface area contributed by atoms with Crippen LogP contribution in [0.4, 0.5) is 20.6 Å². The predicted octanol–water partition coefficient (Wildman–Crippen LogP) is 3.94. The van der Waals surface area contributed by atoms with Gasteiger partial charge in [0.05, 0.1) is 11.9 Å². The van der Waals surface area contributed by atoms with Gasteiger partial charge in [0.15, 0.2) is 11.6 Å². The Bertz CT molecular complexity index is 697. The zero-order valence-electron chi connectivity index (χ0n) is 13.1. The standard InChI is InChI=1S/C16H18FN3O3/c1-16(2,3)23-15(21)20-11-5-6-12(17)13(8-11)22-14-7-4-10(18)9-19-14/h4-9H,18H2,1-3H3,(H,20,21). The second-order valence-corrected chi connectivity index (χ2v) is 5.80. The number of nitrogens with one attached hydrogen (secondary N) is 1. The van der Waals surface area contributed by atoms with Gasteiger partial charge >= 0.3 is 6.09 Å². The van der Waals surface area contributed by atoms with Gasteiger partial charge in [0.1, 0.15) is 5.60 Å². The van der Waals surface area contributed by atoms with Crippen LogP contribution < -0.4 is 15.8 Å². The summed E-state index contributed by atoms with van der Waals surface area (Å²) in [6.07, 6.45) is 0.761. The number of nitrogens with zero attached hydrogens (tertiary/aromatic N) is 1. The van der Waals surface area contributed by atoms with E-state index in [2.05, 4.69) is 10.3 Å². The molecule has 1 aromatic carbocycles. The summed E-state index contributed by atoms with van der Waals surface area (Å²) in [7, 11) is 0. The highest BCUT2D eigenvalue weighted by Gasteiger charge is 2.17. The van der Waals surface area contributed by atoms with E-state index < -0.39 is 17.5 Å². The van der Waals surface area contributed by atoms with Crippen molar-refractivity contribution < 1.29 is 18.7 Å². The molecule has 0 bridgehead atoms. The Hall–Kier alpha value is -2.83. The maximum Gasteiger partial charge on any atom is 0.412 e. The summed E-state index contributed by atoms with van der Waals surface area (Å²) in [5.41, 5.74) is 5.71. The molecule has 1 aromatic heterocycles. The Labute approximate surface area is 133 Å². The maximum atomic E-state index is 13.8. The molecule has 23 heavy (non-hydrogen) atoms. The van der Waals surface area contributed by atoms with Gasteiger partial charge in [-0.15, -0.1) is 0 Å². The van der Waals surface area contributed by atoms with E-state index in [0.29, 0.717) is 11.4 Å². The first kappa shape index (κ1) is 16.5. The summed E-state index contributed by atoms with van der Waals surface area (Å²) in [6.45, 7) is 5.25. The average Bonchev–Trinajstić information content (AvgIpc) is 2.43. The van der Waals surface area contributed by atoms with E-state index in [1.807, 2.05) is 0 Å². The van der Waals surface area contributed by atoms with Crippen molar-refractivity contribution in [1.82, 2.24) is 4.98 Å². The molecule has 0 aliphatic carbocycles. The summed E-state index contributed by atoms with van der Waals surface area (Å²) in [5.74, 6) is -0.471. The second-order valence-electron chi connectivity index (χ2n) is 5.80. The van der Waals surface area contributed by atoms with Crippen LogP contribution >= 0.6 is 0 Å². The largest absolute Gasteiger partial charge is 0.444 e. The number of hydrogen-bond acceptors (Lipinski definition) is 5. The number of anilines is 2. The van der Waals surface area contributed by atoms with E-state index >= 15 is 0 Å². The number of rotatable bonds is 3. The van der Waals surface area contributed by atoms with E-state index in [-0.39, 0.29) is 11.6 Å². The lowest BCUT2D eigenvalue weighted by Crippen LogP contribution is -2.27. The highest BCUT2D eigenvalue weighted by molar-refractivity contribution is 5.85. The molecular formula is C16H18FN3O3. The van der Waals surface area contributed by atoms with Crippen molar-refractivity contribution >= 4 is 17.5 Å². The molecule has 1 amide bonds. The monoisotopic (exact) mass is 319 g/mol. The van der Waals surface area contributed by atoms with E-state index in [9.17, 15) is 9.18 Å². The van der Waals surface area contributed by atoms with E-state index in [1.165, 1.54) is 30.5 Å². The molecule has 0 radical (unpaired) electrons. The highest BCUT2D eigenvalue weighted by atomic mass is 19.1. The van der Waals surface area contributed by atoms with Crippen molar-refractivity contribution in [3.05, 3.63) is 42.3 Å². The lowest BCUT2D eigenvalue weighted by Gasteiger charge is -2.19. The number of pyridine rings is 1. The van der Waals surface area contributed by atoms with Gasteiger partial charge < -0.3 is 15.2 Å². The first-order chi connectivity index (χ1) is 10.7. The van der Waals surface area contributed by atoms with Crippen LogP contribution in [0.2, 0.25) is 0 Å². The van der Waals surface area contributed by atoms with Gasteiger partial charge in [-0.2, -0.15) is 0 Å². The summed E-state index contributed by atoms with van der Waals surface area (Å²) < 4.78 is 24.3. The smallest absolute Gasteiger partial charge is 0.412 e. The molecule has 0 atom stereocenters. The van der Waals surface area contributed by atoms with Crippen LogP contribution in [-0.4, -0.2) is 16.7 Å². The molecule has 0 saturated carbocycles. The van der Waals surface area contributed by atoms with Crippen molar-refractivity contribution in [2.75, 3.05) is 11.1 Å². The van der Waals surface area contributed by atoms with Crippen molar-refractivity contribution in [2.24, 2.45) is 0 Å². The zero-order valence-corrected chi connectivity index (χ0v) is 13.1. The van der Waals surface area contributed by atoms with Gasteiger partial charge in [-0.25, -0.2) is 14.2 Å². The minimum Gasteiger partial charge on any atom is -0.444 e. The van der Waals surface area contributed by atoms with Crippen LogP contribution in [0.15, 0.2) is 36.5 Å². The van der Waals surface area contributed by atoms with Crippen molar-refractivity contribution in [3.8, 4) is 11.6 Å². The normalized spacial score (nSPS) is 11.0. The Morgan fingerprint density at radius 3 is 2.61 bits per heavy atom. The van der Waals surface area contributed by atoms with Crippen molar-refractivity contribution in [1.29, 1.82) is 0 Å². The Morgan fingerprint density at radius 2 is 2.00 bits per heavy atom. The number of carbonyl (C=O) groups is 1. The minimum absolute atomic E-state index is 0.0733. The molecule has 0 unspecified atom stereocenters. The summed E-state index contributed by atoms with van der Waals surface area (Å²) in [4.78, 5) is 15.7. The summed E-state index contributed by atoms with van der Waals surface area (Å²) in [5, 5.41) is 2.51. The van der Waals surface area contributed by atoms with Gasteiger partial charge in [-0.1, -0.05) is 0 Å². The molecule has 0 saturated heterocycles. The first-order valence-electron chi connectivity index (χ1n) is 6.92. The maximum absolute atomic E-state index is 13.8. The summed E-state index contributed by atoms with van der Waals surface area (Å²) in [6, 6.07) is 7.03. The van der Waals surface area contributed by atoms with Crippen LogP contribution in [0, 0.1) is 5.82 Å². The molecule has 3 N–H and O–H groups in total. The number of nitrogen functional groups attached to an aromatic ring is 1. The van der Waals surface area contributed by atoms with E-state index in [1.54, 1.807) is 26.8 Å². The fourth-order valence-electron chi connectivity index (χ4n) is 1.65. The Balaban J connectivity index is 2.12. The third-order valence-electron chi connectivity index (χ3n) is 2.55. The third kappa shape index (κ3) is 5.14. The Morgan fingerprint density at radius 1 is 1.26 bits per heavy atom. The molecule has 0 aliphatic rings. The van der Waals surface area contributed by atoms with Crippen LogP contribution in [-0.2, 0) is 4.74 Å². The molecule has 122 valence electrons. The Kier molecular flexibility index (Phi) is 4.68. The molecule has 1 heterocycles. The lowest BCUT2D eigenvalue weighted by atomic mass is 10.2. The van der Waals surface area contributed by atoms with Crippen LogP contribution in [0.5, 0.6) is 11.6 Å². The zero-order chi connectivity index (χ0) is 17.0. The molecule has 6 nitrogen and oxygen atoms in total. The van der Waals surface area contributed by atoms with Gasteiger partial charge in [0.25, 0.3) is 0 Å². The molecular weight excluding hydrogens is 301 g/mol. The fourth-order valence-corrected chi connectivity index (χ4v) is 1.65. The average molecular weight is 319 g/mol. The highest BCUT2D eigenvalue weighted by Crippen LogP contribution is 2.27. The quantitative estimate of drug-likeness (QED) is 0.894. The second kappa shape index (κ2) is 6.51. The first-order valence-corrected chi connectivity index (χ1v) is 6.92. The number of benzene rings is 1. The number of amides is 1. The predicted molar refractivity (Wildman–Crippen MR) is 85.0 cm³/mol. The topological polar surface area (TPSA) is 86.5 Å². The molecule has 0 fully saturated rings. The van der Waals surface area contributed by atoms with Crippen LogP contribution in [0.3, 0.4) is 0 Å². The molecule has 2 rings (SSSR count). The number of nitrogens with two attached hydrogens (primary N) is 1. The van der Waals surface area contributed by atoms with Crippen molar-refractivity contribution in [2.45, 2.75) is 26.4 Å². The molecule has 0 spiro atoms. The molecule has 0 aliphatic heterocycles. The SMILES string of the molecule is CC(C)(C)OC(=O)Nc1ccc(F)c(Oc2ccc(N)cn2)c1. The lowest BCUT2D eigenvalue weighted by molar-refractivity contribution is 0.0636. The third-order valence-corrected chi connectivity index (χ3v) is 2.55. The minimum atomic E-state index is -0.638. The van der Waals surface area contributed by atoms with Crippen LogP contribution in [0.25, 0.3) is 0 Å². The van der Waals surface area contributed by atoms with Crippen molar-refractivity contribution in [3.63, 3.8) is 0 Å². The molecule has 2 aromatic rings. The van der Waals surface area contributed by atoms with Gasteiger partial charge in [0.2, 0.25) is 5.88 Å². The number of halogens is 1. The molecule has 7 heteroatoms. The summed E-state index contributed by atoms with van der Waals surface area (Å²) >= 11 is 0. The van der Waals surface area contributed by atoms with Crippen LogP contribution in [0.1, 0.15) is 20.8 Å². The number of ether oxygens (including phenoxy) is 2.